The Balaban J connectivity index is 2.06. The van der Waals surface area contributed by atoms with Crippen LogP contribution in [0, 0.1) is 11.7 Å². The van der Waals surface area contributed by atoms with E-state index >= 15 is 0 Å². The average molecular weight is 290 g/mol. The Morgan fingerprint density at radius 2 is 2.10 bits per heavy atom. The molecule has 0 saturated heterocycles. The maximum absolute atomic E-state index is 13.3. The summed E-state index contributed by atoms with van der Waals surface area (Å²) in [7, 11) is 1.90. The molecule has 114 valence electrons. The fourth-order valence-corrected chi connectivity index (χ4v) is 2.38. The smallest absolute Gasteiger partial charge is 0.138 e. The summed E-state index contributed by atoms with van der Waals surface area (Å²) < 4.78 is 15.1. The van der Waals surface area contributed by atoms with Crippen LogP contribution < -0.4 is 5.32 Å². The predicted molar refractivity (Wildman–Crippen MR) is 81.4 cm³/mol. The van der Waals surface area contributed by atoms with Crippen LogP contribution >= 0.6 is 0 Å². The first-order chi connectivity index (χ1) is 10.0. The highest BCUT2D eigenvalue weighted by Crippen LogP contribution is 2.14. The second kappa shape index (κ2) is 7.31. The normalized spacial score (nSPS) is 12.8. The molecule has 0 saturated carbocycles. The van der Waals surface area contributed by atoms with Gasteiger partial charge in [-0.05, 0) is 36.6 Å². The molecule has 0 spiro atoms. The lowest BCUT2D eigenvalue weighted by molar-refractivity contribution is 0.430. The molecule has 1 unspecified atom stereocenters. The first-order valence-electron chi connectivity index (χ1n) is 7.35. The molecule has 0 bridgehead atoms. The van der Waals surface area contributed by atoms with Crippen molar-refractivity contribution in [2.45, 2.75) is 32.7 Å². The Morgan fingerprint density at radius 1 is 1.29 bits per heavy atom. The third kappa shape index (κ3) is 4.93. The van der Waals surface area contributed by atoms with Crippen LogP contribution in [-0.2, 0) is 19.9 Å². The zero-order valence-corrected chi connectivity index (χ0v) is 12.9. The van der Waals surface area contributed by atoms with Gasteiger partial charge in [-0.25, -0.2) is 9.37 Å². The van der Waals surface area contributed by atoms with Crippen molar-refractivity contribution in [2.75, 3.05) is 6.54 Å². The monoisotopic (exact) mass is 290 g/mol. The quantitative estimate of drug-likeness (QED) is 0.851. The molecule has 1 heterocycles. The highest BCUT2D eigenvalue weighted by molar-refractivity contribution is 5.17. The zero-order valence-electron chi connectivity index (χ0n) is 12.9. The zero-order chi connectivity index (χ0) is 15.2. The standard InChI is InChI=1S/C16H23FN4/c1-12(2)18-10-14(9-16-19-11-20-21(16)3)7-13-5-4-6-15(17)8-13/h4-6,8,11-12,14,18H,7,9-10H2,1-3H3. The van der Waals surface area contributed by atoms with Gasteiger partial charge in [0.2, 0.25) is 0 Å². The van der Waals surface area contributed by atoms with E-state index in [-0.39, 0.29) is 5.82 Å². The summed E-state index contributed by atoms with van der Waals surface area (Å²) >= 11 is 0. The Bertz CT molecular complexity index is 565. The van der Waals surface area contributed by atoms with Crippen molar-refractivity contribution in [3.05, 3.63) is 47.8 Å². The molecule has 1 N–H and O–H groups in total. The fourth-order valence-electron chi connectivity index (χ4n) is 2.38. The molecule has 4 nitrogen and oxygen atoms in total. The van der Waals surface area contributed by atoms with E-state index in [2.05, 4.69) is 29.2 Å². The SMILES string of the molecule is CC(C)NCC(Cc1cccc(F)c1)Cc1ncnn1C. The van der Waals surface area contributed by atoms with Gasteiger partial charge in [-0.1, -0.05) is 26.0 Å². The molecule has 1 aromatic carbocycles. The summed E-state index contributed by atoms with van der Waals surface area (Å²) in [6.07, 6.45) is 3.22. The van der Waals surface area contributed by atoms with Crippen molar-refractivity contribution >= 4 is 0 Å². The molecule has 2 rings (SSSR count). The van der Waals surface area contributed by atoms with Gasteiger partial charge >= 0.3 is 0 Å². The summed E-state index contributed by atoms with van der Waals surface area (Å²) in [5.74, 6) is 1.14. The van der Waals surface area contributed by atoms with Gasteiger partial charge in [-0.15, -0.1) is 0 Å². The Kier molecular flexibility index (Phi) is 5.44. The van der Waals surface area contributed by atoms with Crippen LogP contribution in [0.25, 0.3) is 0 Å². The van der Waals surface area contributed by atoms with Crippen LogP contribution in [0.15, 0.2) is 30.6 Å². The first-order valence-corrected chi connectivity index (χ1v) is 7.35. The van der Waals surface area contributed by atoms with E-state index < -0.39 is 0 Å². The molecule has 1 atom stereocenters. The topological polar surface area (TPSA) is 42.7 Å². The maximum atomic E-state index is 13.3. The van der Waals surface area contributed by atoms with Crippen LogP contribution in [0.1, 0.15) is 25.2 Å². The van der Waals surface area contributed by atoms with E-state index in [4.69, 9.17) is 0 Å². The number of hydrogen-bond acceptors (Lipinski definition) is 3. The van der Waals surface area contributed by atoms with Gasteiger partial charge in [0.15, 0.2) is 0 Å². The van der Waals surface area contributed by atoms with Gasteiger partial charge in [-0.3, -0.25) is 4.68 Å². The number of halogens is 1. The number of benzene rings is 1. The molecule has 2 aromatic rings. The van der Waals surface area contributed by atoms with Crippen molar-refractivity contribution in [3.8, 4) is 0 Å². The lowest BCUT2D eigenvalue weighted by Crippen LogP contribution is -2.31. The lowest BCUT2D eigenvalue weighted by Gasteiger charge is -2.19. The van der Waals surface area contributed by atoms with Crippen molar-refractivity contribution in [1.82, 2.24) is 20.1 Å². The molecule has 0 radical (unpaired) electrons. The van der Waals surface area contributed by atoms with Crippen LogP contribution in [-0.4, -0.2) is 27.4 Å². The third-order valence-corrected chi connectivity index (χ3v) is 3.50. The predicted octanol–water partition coefficient (Wildman–Crippen LogP) is 2.35. The van der Waals surface area contributed by atoms with E-state index in [0.717, 1.165) is 30.8 Å². The lowest BCUT2D eigenvalue weighted by atomic mass is 9.95. The van der Waals surface area contributed by atoms with E-state index in [1.807, 2.05) is 13.1 Å². The minimum atomic E-state index is -0.179. The van der Waals surface area contributed by atoms with E-state index in [1.165, 1.54) is 6.07 Å². The Morgan fingerprint density at radius 3 is 2.71 bits per heavy atom. The molecule has 5 heteroatoms. The number of nitrogens with zero attached hydrogens (tertiary/aromatic N) is 3. The van der Waals surface area contributed by atoms with Gasteiger partial charge in [0.25, 0.3) is 0 Å². The molecule has 0 fully saturated rings. The third-order valence-electron chi connectivity index (χ3n) is 3.50. The van der Waals surface area contributed by atoms with Crippen molar-refractivity contribution in [1.29, 1.82) is 0 Å². The summed E-state index contributed by atoms with van der Waals surface area (Å²) in [4.78, 5) is 4.29. The van der Waals surface area contributed by atoms with Gasteiger partial charge in [0.05, 0.1) is 0 Å². The highest BCUT2D eigenvalue weighted by Gasteiger charge is 2.14. The van der Waals surface area contributed by atoms with Gasteiger partial charge < -0.3 is 5.32 Å². The van der Waals surface area contributed by atoms with Crippen LogP contribution in [0.4, 0.5) is 4.39 Å². The molecule has 0 aliphatic carbocycles. The minimum Gasteiger partial charge on any atom is -0.314 e. The Hall–Kier alpha value is -1.75. The molecular formula is C16H23FN4. The number of aryl methyl sites for hydroxylation is 1. The maximum Gasteiger partial charge on any atom is 0.138 e. The van der Waals surface area contributed by atoms with Crippen molar-refractivity contribution in [3.63, 3.8) is 0 Å². The van der Waals surface area contributed by atoms with Gasteiger partial charge in [0, 0.05) is 19.5 Å². The van der Waals surface area contributed by atoms with E-state index in [9.17, 15) is 4.39 Å². The molecule has 21 heavy (non-hydrogen) atoms. The molecule has 0 aliphatic heterocycles. The summed E-state index contributed by atoms with van der Waals surface area (Å²) in [5, 5.41) is 7.57. The molecule has 1 aromatic heterocycles. The van der Waals surface area contributed by atoms with E-state index in [0.29, 0.717) is 12.0 Å². The summed E-state index contributed by atoms with van der Waals surface area (Å²) in [6.45, 7) is 5.13. The largest absolute Gasteiger partial charge is 0.314 e. The first kappa shape index (κ1) is 15.6. The second-order valence-electron chi connectivity index (χ2n) is 5.77. The average Bonchev–Trinajstić information content (AvgIpc) is 2.81. The number of rotatable bonds is 7. The van der Waals surface area contributed by atoms with Crippen LogP contribution in [0.5, 0.6) is 0 Å². The molecule has 0 aliphatic rings. The summed E-state index contributed by atoms with van der Waals surface area (Å²) in [6, 6.07) is 7.26. The minimum absolute atomic E-state index is 0.179. The van der Waals surface area contributed by atoms with Crippen molar-refractivity contribution in [2.24, 2.45) is 13.0 Å². The fraction of sp³-hybridized carbons (Fsp3) is 0.500. The molecular weight excluding hydrogens is 267 g/mol. The highest BCUT2D eigenvalue weighted by atomic mass is 19.1. The Labute approximate surface area is 125 Å². The number of nitrogens with one attached hydrogen (secondary N) is 1. The summed E-state index contributed by atoms with van der Waals surface area (Å²) in [5.41, 5.74) is 1.02. The van der Waals surface area contributed by atoms with E-state index in [1.54, 1.807) is 23.1 Å². The van der Waals surface area contributed by atoms with Crippen molar-refractivity contribution < 1.29 is 4.39 Å². The van der Waals surface area contributed by atoms with Gasteiger partial charge in [-0.2, -0.15) is 5.10 Å². The molecule has 0 amide bonds. The van der Waals surface area contributed by atoms with Crippen LogP contribution in [0.2, 0.25) is 0 Å². The number of aromatic nitrogens is 3. The number of hydrogen-bond donors (Lipinski definition) is 1. The van der Waals surface area contributed by atoms with Crippen LogP contribution in [0.3, 0.4) is 0 Å². The second-order valence-corrected chi connectivity index (χ2v) is 5.77. The van der Waals surface area contributed by atoms with Gasteiger partial charge in [0.1, 0.15) is 18.0 Å².